The van der Waals surface area contributed by atoms with Crippen molar-refractivity contribution in [3.63, 3.8) is 0 Å². The van der Waals surface area contributed by atoms with Gasteiger partial charge in [0.05, 0.1) is 0 Å². The van der Waals surface area contributed by atoms with Gasteiger partial charge in [0.15, 0.2) is 0 Å². The topological polar surface area (TPSA) is 36.0 Å². The smallest absolute Gasteiger partial charge is 0.0456 e. The highest BCUT2D eigenvalue weighted by molar-refractivity contribution is 5.82. The maximum absolute atomic E-state index is 8.24. The number of para-hydroxylation sites is 1. The van der Waals surface area contributed by atoms with E-state index in [0.717, 1.165) is 6.42 Å². The Labute approximate surface area is 111 Å². The lowest BCUT2D eigenvalue weighted by Gasteiger charge is -1.95. The van der Waals surface area contributed by atoms with Crippen molar-refractivity contribution in [3.05, 3.63) is 36.0 Å². The summed E-state index contributed by atoms with van der Waals surface area (Å²) in [6.07, 6.45) is 2.96. The van der Waals surface area contributed by atoms with Crippen LogP contribution in [-0.4, -0.2) is 16.7 Å². The van der Waals surface area contributed by atoms with Gasteiger partial charge in [0.1, 0.15) is 0 Å². The maximum Gasteiger partial charge on any atom is 0.0456 e. The maximum atomic E-state index is 8.24. The van der Waals surface area contributed by atoms with Crippen LogP contribution in [0.2, 0.25) is 0 Å². The average molecular weight is 249 g/mol. The quantitative estimate of drug-likeness (QED) is 0.806. The summed E-state index contributed by atoms with van der Waals surface area (Å²) < 4.78 is 0. The first-order chi connectivity index (χ1) is 8.65. The van der Waals surface area contributed by atoms with Gasteiger partial charge in [0, 0.05) is 23.7 Å². The predicted octanol–water partition coefficient (Wildman–Crippen LogP) is 4.53. The van der Waals surface area contributed by atoms with Gasteiger partial charge in [-0.05, 0) is 30.9 Å². The van der Waals surface area contributed by atoms with Crippen LogP contribution in [0.25, 0.3) is 10.9 Å². The number of rotatable bonds is 2. The van der Waals surface area contributed by atoms with E-state index in [2.05, 4.69) is 44.0 Å². The molecule has 0 atom stereocenters. The van der Waals surface area contributed by atoms with Crippen LogP contribution < -0.4 is 0 Å². The Kier molecular flexibility index (Phi) is 9.03. The summed E-state index contributed by atoms with van der Waals surface area (Å²) in [6.45, 7) is 10.6. The summed E-state index contributed by atoms with van der Waals surface area (Å²) in [7, 11) is 0. The molecule has 102 valence electrons. The molecule has 2 aromatic rings. The Morgan fingerprint density at radius 1 is 1.17 bits per heavy atom. The molecule has 0 spiro atoms. The Hall–Kier alpha value is -1.28. The predicted molar refractivity (Wildman–Crippen MR) is 80.9 cm³/mol. The lowest BCUT2D eigenvalue weighted by molar-refractivity contribution is 0.268. The molecule has 0 unspecified atom stereocenters. The lowest BCUT2D eigenvalue weighted by atomic mass is 10.2. The zero-order valence-corrected chi connectivity index (χ0v) is 12.3. The zero-order chi connectivity index (χ0) is 14.0. The van der Waals surface area contributed by atoms with Crippen LogP contribution in [0, 0.1) is 12.8 Å². The highest BCUT2D eigenvalue weighted by atomic mass is 16.2. The number of aliphatic hydroxyl groups is 1. The molecule has 0 aliphatic heterocycles. The van der Waals surface area contributed by atoms with Gasteiger partial charge in [-0.15, -0.1) is 0 Å². The lowest BCUT2D eigenvalue weighted by Crippen LogP contribution is -1.89. The Balaban J connectivity index is 0.000000315. The first-order valence-electron chi connectivity index (χ1n) is 6.78. The normalized spacial score (nSPS) is 9.50. The molecule has 0 saturated heterocycles. The number of hydrogen-bond donors (Lipinski definition) is 2. The highest BCUT2D eigenvalue weighted by Gasteiger charge is 1.94. The monoisotopic (exact) mass is 249 g/mol. The van der Waals surface area contributed by atoms with Crippen LogP contribution in [0.4, 0.5) is 0 Å². The minimum Gasteiger partial charge on any atom is -0.396 e. The van der Waals surface area contributed by atoms with Gasteiger partial charge < -0.3 is 10.1 Å². The second-order valence-corrected chi connectivity index (χ2v) is 4.42. The number of benzene rings is 1. The molecule has 2 N–H and O–H groups in total. The minimum atomic E-state index is 0.331. The van der Waals surface area contributed by atoms with Crippen molar-refractivity contribution in [2.45, 2.75) is 41.0 Å². The van der Waals surface area contributed by atoms with Crippen LogP contribution in [0.3, 0.4) is 0 Å². The molecule has 1 aromatic carbocycles. The van der Waals surface area contributed by atoms with Gasteiger partial charge in [0.25, 0.3) is 0 Å². The molecule has 0 aliphatic rings. The minimum absolute atomic E-state index is 0.331. The van der Waals surface area contributed by atoms with Crippen LogP contribution in [0.5, 0.6) is 0 Å². The van der Waals surface area contributed by atoms with Gasteiger partial charge >= 0.3 is 0 Å². The largest absolute Gasteiger partial charge is 0.396 e. The SMILES string of the molecule is CC.CC(C)CCO.Cc1c[nH]c2ccccc12. The molecule has 18 heavy (non-hydrogen) atoms. The first kappa shape index (κ1) is 16.7. The van der Waals surface area contributed by atoms with Crippen molar-refractivity contribution in [1.82, 2.24) is 4.98 Å². The molecule has 0 saturated carbocycles. The number of aryl methyl sites for hydroxylation is 1. The van der Waals surface area contributed by atoms with Crippen molar-refractivity contribution in [2.75, 3.05) is 6.61 Å². The average Bonchev–Trinajstić information content (AvgIpc) is 2.75. The van der Waals surface area contributed by atoms with Crippen molar-refractivity contribution in [1.29, 1.82) is 0 Å². The van der Waals surface area contributed by atoms with Crippen LogP contribution in [0.15, 0.2) is 30.5 Å². The number of aromatic amines is 1. The van der Waals surface area contributed by atoms with E-state index in [4.69, 9.17) is 5.11 Å². The molecule has 0 aliphatic carbocycles. The van der Waals surface area contributed by atoms with Crippen molar-refractivity contribution >= 4 is 10.9 Å². The molecule has 2 heteroatoms. The van der Waals surface area contributed by atoms with E-state index in [0.29, 0.717) is 12.5 Å². The fourth-order valence-electron chi connectivity index (χ4n) is 1.47. The third-order valence-electron chi connectivity index (χ3n) is 2.50. The molecule has 0 amide bonds. The van der Waals surface area contributed by atoms with Gasteiger partial charge in [-0.3, -0.25) is 0 Å². The van der Waals surface area contributed by atoms with E-state index in [-0.39, 0.29) is 0 Å². The molecule has 0 radical (unpaired) electrons. The fraction of sp³-hybridized carbons (Fsp3) is 0.500. The fourth-order valence-corrected chi connectivity index (χ4v) is 1.47. The molecular formula is C16H27NO. The van der Waals surface area contributed by atoms with E-state index in [9.17, 15) is 0 Å². The van der Waals surface area contributed by atoms with E-state index in [1.807, 2.05) is 26.1 Å². The molecule has 2 rings (SSSR count). The Morgan fingerprint density at radius 3 is 2.22 bits per heavy atom. The number of hydrogen-bond acceptors (Lipinski definition) is 1. The van der Waals surface area contributed by atoms with Crippen LogP contribution in [0.1, 0.15) is 39.7 Å². The molecule has 0 bridgehead atoms. The number of aliphatic hydroxyl groups excluding tert-OH is 1. The summed E-state index contributed by atoms with van der Waals surface area (Å²) in [5, 5.41) is 9.56. The van der Waals surface area contributed by atoms with Crippen LogP contribution >= 0.6 is 0 Å². The van der Waals surface area contributed by atoms with E-state index in [1.54, 1.807) is 0 Å². The van der Waals surface area contributed by atoms with Gasteiger partial charge in [0.2, 0.25) is 0 Å². The highest BCUT2D eigenvalue weighted by Crippen LogP contribution is 2.15. The summed E-state index contributed by atoms with van der Waals surface area (Å²) in [5.74, 6) is 0.648. The summed E-state index contributed by atoms with van der Waals surface area (Å²) >= 11 is 0. The summed E-state index contributed by atoms with van der Waals surface area (Å²) in [5.41, 5.74) is 2.54. The summed E-state index contributed by atoms with van der Waals surface area (Å²) in [4.78, 5) is 3.19. The van der Waals surface area contributed by atoms with Gasteiger partial charge in [-0.1, -0.05) is 45.9 Å². The standard InChI is InChI=1S/C9H9N.C5H12O.C2H6/c1-7-6-10-9-5-3-2-4-8(7)9;1-5(2)3-4-6;1-2/h2-6,10H,1H3;5-6H,3-4H2,1-2H3;1-2H3. The van der Waals surface area contributed by atoms with E-state index >= 15 is 0 Å². The number of fused-ring (bicyclic) bond motifs is 1. The summed E-state index contributed by atoms with van der Waals surface area (Å²) in [6, 6.07) is 8.31. The van der Waals surface area contributed by atoms with Crippen molar-refractivity contribution in [2.24, 2.45) is 5.92 Å². The number of nitrogens with one attached hydrogen (secondary N) is 1. The molecule has 1 heterocycles. The number of H-pyrrole nitrogens is 1. The van der Waals surface area contributed by atoms with E-state index in [1.165, 1.54) is 16.5 Å². The second kappa shape index (κ2) is 9.72. The molecule has 0 fully saturated rings. The molecular weight excluding hydrogens is 222 g/mol. The van der Waals surface area contributed by atoms with E-state index < -0.39 is 0 Å². The molecule has 2 nitrogen and oxygen atoms in total. The van der Waals surface area contributed by atoms with Crippen molar-refractivity contribution < 1.29 is 5.11 Å². The van der Waals surface area contributed by atoms with Crippen LogP contribution in [-0.2, 0) is 0 Å². The van der Waals surface area contributed by atoms with Gasteiger partial charge in [-0.2, -0.15) is 0 Å². The van der Waals surface area contributed by atoms with Gasteiger partial charge in [-0.25, -0.2) is 0 Å². The first-order valence-corrected chi connectivity index (χ1v) is 6.78. The second-order valence-electron chi connectivity index (χ2n) is 4.42. The Bertz CT molecular complexity index is 418. The third kappa shape index (κ3) is 5.87. The van der Waals surface area contributed by atoms with Crippen molar-refractivity contribution in [3.8, 4) is 0 Å². The molecule has 1 aromatic heterocycles. The zero-order valence-electron chi connectivity index (χ0n) is 12.3. The number of aromatic nitrogens is 1. The third-order valence-corrected chi connectivity index (χ3v) is 2.50. The Morgan fingerprint density at radius 2 is 1.78 bits per heavy atom.